The highest BCUT2D eigenvalue weighted by Crippen LogP contribution is 2.23. The fraction of sp³-hybridized carbons (Fsp3) is 0.500. The van der Waals surface area contributed by atoms with Crippen molar-refractivity contribution in [2.24, 2.45) is 0 Å². The quantitative estimate of drug-likeness (QED) is 0.554. The summed E-state index contributed by atoms with van der Waals surface area (Å²) in [5.74, 6) is 1.56. The lowest BCUT2D eigenvalue weighted by Crippen LogP contribution is -2.19. The van der Waals surface area contributed by atoms with Gasteiger partial charge in [-0.2, -0.15) is 0 Å². The Morgan fingerprint density at radius 2 is 2.18 bits per heavy atom. The molecule has 1 atom stereocenters. The van der Waals surface area contributed by atoms with Crippen molar-refractivity contribution in [3.8, 4) is 0 Å². The monoisotopic (exact) mass is 154 g/mol. The van der Waals surface area contributed by atoms with E-state index in [1.54, 1.807) is 12.2 Å². The number of allylic oxidation sites excluding steroid dienone is 1. The van der Waals surface area contributed by atoms with Gasteiger partial charge in [0.15, 0.2) is 5.76 Å². The van der Waals surface area contributed by atoms with Crippen LogP contribution in [0.25, 0.3) is 0 Å². The van der Waals surface area contributed by atoms with Crippen molar-refractivity contribution < 1.29 is 14.6 Å². The summed E-state index contributed by atoms with van der Waals surface area (Å²) in [7, 11) is 0. The second-order valence-corrected chi connectivity index (χ2v) is 2.61. The Hall–Kier alpha value is -0.960. The number of rotatable bonds is 0. The maximum atomic E-state index is 9.19. The minimum absolute atomic E-state index is 0.407. The van der Waals surface area contributed by atoms with Crippen LogP contribution in [0.4, 0.5) is 0 Å². The lowest BCUT2D eigenvalue weighted by atomic mass is 10.1. The van der Waals surface area contributed by atoms with Crippen molar-refractivity contribution in [2.75, 3.05) is 13.2 Å². The van der Waals surface area contributed by atoms with E-state index in [1.165, 1.54) is 0 Å². The molecule has 0 saturated carbocycles. The van der Waals surface area contributed by atoms with E-state index >= 15 is 0 Å². The molecule has 60 valence electrons. The van der Waals surface area contributed by atoms with Gasteiger partial charge in [-0.05, 0) is 6.08 Å². The van der Waals surface area contributed by atoms with Gasteiger partial charge in [-0.25, -0.2) is 0 Å². The van der Waals surface area contributed by atoms with Gasteiger partial charge < -0.3 is 14.6 Å². The molecule has 2 aliphatic rings. The summed E-state index contributed by atoms with van der Waals surface area (Å²) in [6, 6.07) is 0. The third-order valence-corrected chi connectivity index (χ3v) is 1.76. The van der Waals surface area contributed by atoms with Gasteiger partial charge in [-0.1, -0.05) is 6.08 Å². The summed E-state index contributed by atoms with van der Waals surface area (Å²) in [4.78, 5) is 0. The number of hydrogen-bond donors (Lipinski definition) is 1. The number of ether oxygens (including phenoxy) is 2. The molecule has 0 spiro atoms. The lowest BCUT2D eigenvalue weighted by Gasteiger charge is -2.24. The SMILES string of the molecule is OC1C=CC2=C(C1)OCCO2. The molecule has 1 unspecified atom stereocenters. The Bertz CT molecular complexity index is 217. The first-order valence-electron chi connectivity index (χ1n) is 3.71. The van der Waals surface area contributed by atoms with Crippen molar-refractivity contribution in [1.29, 1.82) is 0 Å². The van der Waals surface area contributed by atoms with Crippen LogP contribution in [0.15, 0.2) is 23.7 Å². The number of aliphatic hydroxyl groups excluding tert-OH is 1. The minimum Gasteiger partial charge on any atom is -0.490 e. The molecule has 11 heavy (non-hydrogen) atoms. The molecule has 0 fully saturated rings. The molecule has 1 aliphatic heterocycles. The topological polar surface area (TPSA) is 38.7 Å². The summed E-state index contributed by atoms with van der Waals surface area (Å²) in [6.45, 7) is 1.21. The van der Waals surface area contributed by atoms with Crippen LogP contribution in [-0.4, -0.2) is 24.4 Å². The Balaban J connectivity index is 2.20. The average molecular weight is 154 g/mol. The average Bonchev–Trinajstić information content (AvgIpc) is 2.04. The van der Waals surface area contributed by atoms with E-state index in [9.17, 15) is 5.11 Å². The molecular formula is C8H10O3. The van der Waals surface area contributed by atoms with E-state index in [1.807, 2.05) is 0 Å². The van der Waals surface area contributed by atoms with Gasteiger partial charge in [0.25, 0.3) is 0 Å². The zero-order chi connectivity index (χ0) is 7.68. The van der Waals surface area contributed by atoms with Crippen LogP contribution in [-0.2, 0) is 9.47 Å². The molecule has 1 heterocycles. The van der Waals surface area contributed by atoms with Crippen LogP contribution >= 0.6 is 0 Å². The van der Waals surface area contributed by atoms with E-state index in [4.69, 9.17) is 9.47 Å². The summed E-state index contributed by atoms with van der Waals surface area (Å²) in [5.41, 5.74) is 0. The van der Waals surface area contributed by atoms with Crippen molar-refractivity contribution >= 4 is 0 Å². The maximum Gasteiger partial charge on any atom is 0.156 e. The van der Waals surface area contributed by atoms with Crippen molar-refractivity contribution in [3.63, 3.8) is 0 Å². The van der Waals surface area contributed by atoms with E-state index in [0.29, 0.717) is 19.6 Å². The third-order valence-electron chi connectivity index (χ3n) is 1.76. The molecule has 0 aromatic rings. The smallest absolute Gasteiger partial charge is 0.156 e. The van der Waals surface area contributed by atoms with Gasteiger partial charge in [0.1, 0.15) is 19.0 Å². The molecule has 0 aromatic carbocycles. The number of aliphatic hydroxyl groups is 1. The van der Waals surface area contributed by atoms with Crippen LogP contribution in [0.1, 0.15) is 6.42 Å². The molecule has 1 aliphatic carbocycles. The van der Waals surface area contributed by atoms with Crippen LogP contribution < -0.4 is 0 Å². The molecular weight excluding hydrogens is 144 g/mol. The molecule has 2 rings (SSSR count). The second-order valence-electron chi connectivity index (χ2n) is 2.61. The molecule has 0 aromatic heterocycles. The van der Waals surface area contributed by atoms with Gasteiger partial charge in [-0.15, -0.1) is 0 Å². The normalized spacial score (nSPS) is 29.0. The molecule has 0 bridgehead atoms. The van der Waals surface area contributed by atoms with Gasteiger partial charge >= 0.3 is 0 Å². The van der Waals surface area contributed by atoms with Gasteiger partial charge in [-0.3, -0.25) is 0 Å². The first-order chi connectivity index (χ1) is 5.36. The zero-order valence-electron chi connectivity index (χ0n) is 6.12. The van der Waals surface area contributed by atoms with Crippen molar-refractivity contribution in [3.05, 3.63) is 23.7 Å². The Labute approximate surface area is 64.9 Å². The van der Waals surface area contributed by atoms with Crippen molar-refractivity contribution in [2.45, 2.75) is 12.5 Å². The molecule has 0 amide bonds. The predicted octanol–water partition coefficient (Wildman–Crippen LogP) is 0.566. The molecule has 3 heteroatoms. The molecule has 0 radical (unpaired) electrons. The van der Waals surface area contributed by atoms with E-state index < -0.39 is 6.10 Å². The summed E-state index contributed by atoms with van der Waals surface area (Å²) >= 11 is 0. The van der Waals surface area contributed by atoms with Gasteiger partial charge in [0.05, 0.1) is 6.10 Å². The predicted molar refractivity (Wildman–Crippen MR) is 38.7 cm³/mol. The van der Waals surface area contributed by atoms with Crippen LogP contribution in [0.2, 0.25) is 0 Å². The van der Waals surface area contributed by atoms with Crippen LogP contribution in [0.3, 0.4) is 0 Å². The first kappa shape index (κ1) is 6.73. The lowest BCUT2D eigenvalue weighted by molar-refractivity contribution is 0.0501. The highest BCUT2D eigenvalue weighted by atomic mass is 16.6. The van der Waals surface area contributed by atoms with Crippen LogP contribution in [0.5, 0.6) is 0 Å². The van der Waals surface area contributed by atoms with Crippen LogP contribution in [0, 0.1) is 0 Å². The molecule has 0 saturated heterocycles. The Morgan fingerprint density at radius 3 is 3.09 bits per heavy atom. The summed E-state index contributed by atoms with van der Waals surface area (Å²) in [5, 5.41) is 9.19. The zero-order valence-corrected chi connectivity index (χ0v) is 6.12. The minimum atomic E-state index is -0.407. The summed E-state index contributed by atoms with van der Waals surface area (Å²) in [6.07, 6.45) is 3.62. The fourth-order valence-electron chi connectivity index (χ4n) is 1.23. The molecule has 3 nitrogen and oxygen atoms in total. The van der Waals surface area contributed by atoms with Gasteiger partial charge in [0, 0.05) is 6.42 Å². The van der Waals surface area contributed by atoms with E-state index in [-0.39, 0.29) is 0 Å². The third kappa shape index (κ3) is 1.24. The highest BCUT2D eigenvalue weighted by molar-refractivity contribution is 5.24. The maximum absolute atomic E-state index is 9.19. The fourth-order valence-corrected chi connectivity index (χ4v) is 1.23. The Kier molecular flexibility index (Phi) is 1.58. The highest BCUT2D eigenvalue weighted by Gasteiger charge is 2.19. The largest absolute Gasteiger partial charge is 0.490 e. The van der Waals surface area contributed by atoms with Gasteiger partial charge in [0.2, 0.25) is 0 Å². The standard InChI is InChI=1S/C8H10O3/c9-6-1-2-7-8(5-6)11-4-3-10-7/h1-2,6,9H,3-5H2. The number of hydrogen-bond acceptors (Lipinski definition) is 3. The first-order valence-corrected chi connectivity index (χ1v) is 3.71. The molecule has 1 N–H and O–H groups in total. The Morgan fingerprint density at radius 1 is 1.36 bits per heavy atom. The summed E-state index contributed by atoms with van der Waals surface area (Å²) < 4.78 is 10.6. The second kappa shape index (κ2) is 2.58. The van der Waals surface area contributed by atoms with E-state index in [0.717, 1.165) is 11.5 Å². The van der Waals surface area contributed by atoms with Crippen molar-refractivity contribution in [1.82, 2.24) is 0 Å². The van der Waals surface area contributed by atoms with E-state index in [2.05, 4.69) is 0 Å².